The summed E-state index contributed by atoms with van der Waals surface area (Å²) >= 11 is 0. The van der Waals surface area contributed by atoms with Gasteiger partial charge in [0.15, 0.2) is 11.5 Å². The maximum atomic E-state index is 5.39. The van der Waals surface area contributed by atoms with Crippen LogP contribution in [0.25, 0.3) is 0 Å². The maximum Gasteiger partial charge on any atom is 0.161 e. The lowest BCUT2D eigenvalue weighted by atomic mass is 10.1. The van der Waals surface area contributed by atoms with Gasteiger partial charge in [-0.25, -0.2) is 0 Å². The van der Waals surface area contributed by atoms with E-state index in [4.69, 9.17) is 9.47 Å². The standard InChI is InChI=1S/C19H22N4O2/c1-14-7-18(24-2)19(25-3)9-16(14)10-20-17-6-4-5-15(8-17)11-23-12-21-22-13-23/h4-9,12-13,20H,10-11H2,1-3H3. The fourth-order valence-corrected chi connectivity index (χ4v) is 2.70. The molecular weight excluding hydrogens is 316 g/mol. The molecule has 6 nitrogen and oxygen atoms in total. The maximum absolute atomic E-state index is 5.39. The number of ether oxygens (including phenoxy) is 2. The average Bonchev–Trinajstić information content (AvgIpc) is 3.13. The first kappa shape index (κ1) is 16.8. The Hall–Kier alpha value is -3.02. The summed E-state index contributed by atoms with van der Waals surface area (Å²) in [5, 5.41) is 11.1. The van der Waals surface area contributed by atoms with Crippen LogP contribution in [0.4, 0.5) is 5.69 Å². The molecule has 0 saturated heterocycles. The predicted octanol–water partition coefficient (Wildman–Crippen LogP) is 3.26. The summed E-state index contributed by atoms with van der Waals surface area (Å²) in [6.45, 7) is 3.53. The number of hydrogen-bond acceptors (Lipinski definition) is 5. The summed E-state index contributed by atoms with van der Waals surface area (Å²) in [6, 6.07) is 12.3. The van der Waals surface area contributed by atoms with E-state index in [1.54, 1.807) is 26.9 Å². The van der Waals surface area contributed by atoms with Crippen LogP contribution >= 0.6 is 0 Å². The molecule has 3 aromatic rings. The van der Waals surface area contributed by atoms with E-state index in [2.05, 4.69) is 40.6 Å². The molecule has 0 fully saturated rings. The minimum atomic E-state index is 0.711. The molecule has 0 aliphatic heterocycles. The zero-order valence-electron chi connectivity index (χ0n) is 14.7. The zero-order chi connectivity index (χ0) is 17.6. The highest BCUT2D eigenvalue weighted by Gasteiger charge is 2.08. The summed E-state index contributed by atoms with van der Waals surface area (Å²) in [7, 11) is 3.30. The summed E-state index contributed by atoms with van der Waals surface area (Å²) in [5.74, 6) is 1.49. The first-order chi connectivity index (χ1) is 12.2. The van der Waals surface area contributed by atoms with E-state index in [1.807, 2.05) is 22.8 Å². The van der Waals surface area contributed by atoms with E-state index >= 15 is 0 Å². The van der Waals surface area contributed by atoms with Crippen LogP contribution in [0.5, 0.6) is 11.5 Å². The zero-order valence-corrected chi connectivity index (χ0v) is 14.7. The van der Waals surface area contributed by atoms with Crippen molar-refractivity contribution >= 4 is 5.69 Å². The number of rotatable bonds is 7. The topological polar surface area (TPSA) is 61.2 Å². The van der Waals surface area contributed by atoms with Crippen molar-refractivity contribution in [2.24, 2.45) is 0 Å². The van der Waals surface area contributed by atoms with E-state index in [1.165, 1.54) is 11.1 Å². The Morgan fingerprint density at radius 3 is 2.44 bits per heavy atom. The lowest BCUT2D eigenvalue weighted by molar-refractivity contribution is 0.354. The Kier molecular flexibility index (Phi) is 5.18. The highest BCUT2D eigenvalue weighted by atomic mass is 16.5. The average molecular weight is 338 g/mol. The molecule has 130 valence electrons. The normalized spacial score (nSPS) is 10.5. The number of anilines is 1. The first-order valence-electron chi connectivity index (χ1n) is 8.06. The van der Waals surface area contributed by atoms with Gasteiger partial charge < -0.3 is 19.4 Å². The summed E-state index contributed by atoms with van der Waals surface area (Å²) in [6.07, 6.45) is 3.43. The van der Waals surface area contributed by atoms with Crippen molar-refractivity contribution in [3.63, 3.8) is 0 Å². The third kappa shape index (κ3) is 4.09. The monoisotopic (exact) mass is 338 g/mol. The molecule has 0 saturated carbocycles. The smallest absolute Gasteiger partial charge is 0.161 e. The van der Waals surface area contributed by atoms with Gasteiger partial charge in [0.2, 0.25) is 0 Å². The number of benzene rings is 2. The second-order valence-electron chi connectivity index (χ2n) is 5.82. The number of nitrogens with zero attached hydrogens (tertiary/aromatic N) is 3. The molecule has 0 aliphatic rings. The van der Waals surface area contributed by atoms with Crippen molar-refractivity contribution in [3.8, 4) is 11.5 Å². The molecule has 25 heavy (non-hydrogen) atoms. The molecule has 0 amide bonds. The molecule has 0 aliphatic carbocycles. The Balaban J connectivity index is 1.71. The number of aryl methyl sites for hydroxylation is 1. The molecule has 0 atom stereocenters. The second kappa shape index (κ2) is 7.70. The van der Waals surface area contributed by atoms with Crippen molar-refractivity contribution in [1.29, 1.82) is 0 Å². The SMILES string of the molecule is COc1cc(C)c(CNc2cccc(Cn3cnnc3)c2)cc1OC. The molecule has 0 spiro atoms. The Morgan fingerprint density at radius 2 is 1.72 bits per heavy atom. The van der Waals surface area contributed by atoms with Gasteiger partial charge in [-0.3, -0.25) is 0 Å². The lowest BCUT2D eigenvalue weighted by Gasteiger charge is -2.14. The van der Waals surface area contributed by atoms with Crippen LogP contribution in [0.1, 0.15) is 16.7 Å². The first-order valence-corrected chi connectivity index (χ1v) is 8.06. The number of methoxy groups -OCH3 is 2. The second-order valence-corrected chi connectivity index (χ2v) is 5.82. The molecule has 3 rings (SSSR count). The van der Waals surface area contributed by atoms with Gasteiger partial charge >= 0.3 is 0 Å². The summed E-state index contributed by atoms with van der Waals surface area (Å²) < 4.78 is 12.7. The van der Waals surface area contributed by atoms with Gasteiger partial charge in [-0.15, -0.1) is 10.2 Å². The van der Waals surface area contributed by atoms with Crippen molar-refractivity contribution in [3.05, 3.63) is 65.7 Å². The molecular formula is C19H22N4O2. The third-order valence-corrected chi connectivity index (χ3v) is 4.08. The van der Waals surface area contributed by atoms with E-state index in [9.17, 15) is 0 Å². The van der Waals surface area contributed by atoms with Gasteiger partial charge in [-0.1, -0.05) is 12.1 Å². The summed E-state index contributed by atoms with van der Waals surface area (Å²) in [4.78, 5) is 0. The van der Waals surface area contributed by atoms with E-state index < -0.39 is 0 Å². The van der Waals surface area contributed by atoms with Gasteiger partial charge in [0.1, 0.15) is 12.7 Å². The fourth-order valence-electron chi connectivity index (χ4n) is 2.70. The molecule has 1 heterocycles. The van der Waals surface area contributed by atoms with Crippen molar-refractivity contribution < 1.29 is 9.47 Å². The Labute approximate surface area is 147 Å². The van der Waals surface area contributed by atoms with Crippen LogP contribution in [-0.2, 0) is 13.1 Å². The van der Waals surface area contributed by atoms with Gasteiger partial charge in [-0.2, -0.15) is 0 Å². The molecule has 1 aromatic heterocycles. The number of aromatic nitrogens is 3. The Morgan fingerprint density at radius 1 is 1.00 bits per heavy atom. The predicted molar refractivity (Wildman–Crippen MR) is 97.2 cm³/mol. The van der Waals surface area contributed by atoms with Crippen LogP contribution in [0, 0.1) is 6.92 Å². The number of nitrogens with one attached hydrogen (secondary N) is 1. The molecule has 1 N–H and O–H groups in total. The molecule has 0 radical (unpaired) electrons. The largest absolute Gasteiger partial charge is 0.493 e. The minimum absolute atomic E-state index is 0.711. The van der Waals surface area contributed by atoms with E-state index in [-0.39, 0.29) is 0 Å². The van der Waals surface area contributed by atoms with Crippen LogP contribution in [0.2, 0.25) is 0 Å². The fraction of sp³-hybridized carbons (Fsp3) is 0.263. The van der Waals surface area contributed by atoms with Crippen LogP contribution in [0.3, 0.4) is 0 Å². The van der Waals surface area contributed by atoms with Crippen molar-refractivity contribution in [1.82, 2.24) is 14.8 Å². The van der Waals surface area contributed by atoms with Crippen LogP contribution < -0.4 is 14.8 Å². The van der Waals surface area contributed by atoms with Gasteiger partial charge in [0, 0.05) is 12.2 Å². The van der Waals surface area contributed by atoms with E-state index in [0.717, 1.165) is 29.3 Å². The summed E-state index contributed by atoms with van der Waals surface area (Å²) in [5.41, 5.74) is 4.58. The van der Waals surface area contributed by atoms with Crippen molar-refractivity contribution in [2.45, 2.75) is 20.0 Å². The molecule has 2 aromatic carbocycles. The lowest BCUT2D eigenvalue weighted by Crippen LogP contribution is -2.04. The molecule has 6 heteroatoms. The molecule has 0 unspecified atom stereocenters. The Bertz CT molecular complexity index is 831. The minimum Gasteiger partial charge on any atom is -0.493 e. The van der Waals surface area contributed by atoms with Crippen LogP contribution in [-0.4, -0.2) is 29.0 Å². The number of hydrogen-bond donors (Lipinski definition) is 1. The highest BCUT2D eigenvalue weighted by Crippen LogP contribution is 2.30. The van der Waals surface area contributed by atoms with Gasteiger partial charge in [0.25, 0.3) is 0 Å². The highest BCUT2D eigenvalue weighted by molar-refractivity contribution is 5.50. The molecule has 0 bridgehead atoms. The quantitative estimate of drug-likeness (QED) is 0.716. The van der Waals surface area contributed by atoms with Gasteiger partial charge in [-0.05, 0) is 47.9 Å². The van der Waals surface area contributed by atoms with E-state index in [0.29, 0.717) is 6.54 Å². The van der Waals surface area contributed by atoms with Crippen molar-refractivity contribution in [2.75, 3.05) is 19.5 Å². The van der Waals surface area contributed by atoms with Crippen LogP contribution in [0.15, 0.2) is 49.1 Å². The third-order valence-electron chi connectivity index (χ3n) is 4.08. The van der Waals surface area contributed by atoms with Gasteiger partial charge in [0.05, 0.1) is 20.8 Å².